The van der Waals surface area contributed by atoms with Crippen LogP contribution in [0.5, 0.6) is 11.5 Å². The van der Waals surface area contributed by atoms with E-state index < -0.39 is 0 Å². The summed E-state index contributed by atoms with van der Waals surface area (Å²) in [6, 6.07) is 7.54. The van der Waals surface area contributed by atoms with Crippen LogP contribution >= 0.6 is 0 Å². The monoisotopic (exact) mass is 343 g/mol. The lowest BCUT2D eigenvalue weighted by molar-refractivity contribution is 0.270. The van der Waals surface area contributed by atoms with Crippen LogP contribution in [0.1, 0.15) is 6.92 Å². The second-order valence-corrected chi connectivity index (χ2v) is 5.85. The summed E-state index contributed by atoms with van der Waals surface area (Å²) in [6.07, 6.45) is 1.78. The molecule has 7 heteroatoms. The van der Waals surface area contributed by atoms with Crippen LogP contribution in [0.4, 0.5) is 17.5 Å². The quantitative estimate of drug-likeness (QED) is 0.864. The number of benzene rings is 1. The Morgan fingerprint density at radius 3 is 2.56 bits per heavy atom. The number of hydrogen-bond donors (Lipinski definition) is 1. The first-order chi connectivity index (χ1) is 12.2. The summed E-state index contributed by atoms with van der Waals surface area (Å²) in [5.41, 5.74) is 0.773. The van der Waals surface area contributed by atoms with Crippen molar-refractivity contribution in [2.75, 3.05) is 57.2 Å². The van der Waals surface area contributed by atoms with Crippen LogP contribution in [0.3, 0.4) is 0 Å². The third-order valence-electron chi connectivity index (χ3n) is 4.44. The van der Waals surface area contributed by atoms with Gasteiger partial charge in [0.2, 0.25) is 5.95 Å². The smallest absolute Gasteiger partial charge is 0.229 e. The van der Waals surface area contributed by atoms with Crippen molar-refractivity contribution in [2.24, 2.45) is 0 Å². The molecule has 0 spiro atoms. The van der Waals surface area contributed by atoms with E-state index in [1.54, 1.807) is 20.4 Å². The molecule has 0 unspecified atom stereocenters. The fourth-order valence-corrected chi connectivity index (χ4v) is 2.91. The number of ether oxygens (including phenoxy) is 2. The van der Waals surface area contributed by atoms with E-state index >= 15 is 0 Å². The van der Waals surface area contributed by atoms with Gasteiger partial charge < -0.3 is 24.6 Å². The molecule has 0 radical (unpaired) electrons. The minimum Gasteiger partial charge on any atom is -0.497 e. The Morgan fingerprint density at radius 1 is 1.08 bits per heavy atom. The van der Waals surface area contributed by atoms with E-state index in [4.69, 9.17) is 9.47 Å². The summed E-state index contributed by atoms with van der Waals surface area (Å²) in [5.74, 6) is 2.94. The van der Waals surface area contributed by atoms with Crippen molar-refractivity contribution in [3.8, 4) is 11.5 Å². The van der Waals surface area contributed by atoms with Crippen molar-refractivity contribution >= 4 is 17.5 Å². The van der Waals surface area contributed by atoms with Crippen LogP contribution in [0.25, 0.3) is 0 Å². The molecule has 1 aromatic carbocycles. The van der Waals surface area contributed by atoms with E-state index in [1.165, 1.54) is 0 Å². The Morgan fingerprint density at radius 2 is 1.88 bits per heavy atom. The molecule has 0 aliphatic carbocycles. The summed E-state index contributed by atoms with van der Waals surface area (Å²) in [7, 11) is 3.27. The van der Waals surface area contributed by atoms with Gasteiger partial charge in [-0.2, -0.15) is 4.98 Å². The van der Waals surface area contributed by atoms with Gasteiger partial charge in [0.1, 0.15) is 17.3 Å². The molecule has 1 fully saturated rings. The van der Waals surface area contributed by atoms with Crippen LogP contribution in [-0.4, -0.2) is 61.8 Å². The molecule has 7 nitrogen and oxygen atoms in total. The number of rotatable bonds is 6. The van der Waals surface area contributed by atoms with Crippen molar-refractivity contribution in [3.63, 3.8) is 0 Å². The molecule has 2 heterocycles. The number of anilines is 3. The number of hydrogen-bond acceptors (Lipinski definition) is 7. The number of methoxy groups -OCH3 is 2. The van der Waals surface area contributed by atoms with Crippen molar-refractivity contribution in [3.05, 3.63) is 30.5 Å². The third kappa shape index (κ3) is 4.11. The second kappa shape index (κ2) is 8.02. The Labute approximate surface area is 148 Å². The summed E-state index contributed by atoms with van der Waals surface area (Å²) in [6.45, 7) is 7.38. The van der Waals surface area contributed by atoms with E-state index in [0.717, 1.165) is 50.0 Å². The molecule has 1 saturated heterocycles. The number of piperazine rings is 1. The highest BCUT2D eigenvalue weighted by molar-refractivity contribution is 5.65. The lowest BCUT2D eigenvalue weighted by atomic mass is 10.2. The summed E-state index contributed by atoms with van der Waals surface area (Å²) < 4.78 is 10.7. The highest BCUT2D eigenvalue weighted by Gasteiger charge is 2.17. The van der Waals surface area contributed by atoms with Gasteiger partial charge in [0.05, 0.1) is 19.9 Å². The molecule has 2 aromatic rings. The summed E-state index contributed by atoms with van der Waals surface area (Å²) in [5, 5.41) is 3.23. The Kier molecular flexibility index (Phi) is 5.55. The van der Waals surface area contributed by atoms with Crippen LogP contribution in [0.2, 0.25) is 0 Å². The van der Waals surface area contributed by atoms with Gasteiger partial charge >= 0.3 is 0 Å². The first-order valence-electron chi connectivity index (χ1n) is 8.53. The standard InChI is InChI=1S/C18H25N5O2/c1-4-22-9-11-23(12-10-22)17-7-8-19-18(21-17)20-15-13-14(24-2)5-6-16(15)25-3/h5-8,13H,4,9-12H2,1-3H3,(H,19,20,21). The Bertz CT molecular complexity index is 702. The van der Waals surface area contributed by atoms with Gasteiger partial charge in [0.25, 0.3) is 0 Å². The molecule has 25 heavy (non-hydrogen) atoms. The van der Waals surface area contributed by atoms with Crippen LogP contribution in [0, 0.1) is 0 Å². The SMILES string of the molecule is CCN1CCN(c2ccnc(Nc3cc(OC)ccc3OC)n2)CC1. The van der Waals surface area contributed by atoms with E-state index in [9.17, 15) is 0 Å². The highest BCUT2D eigenvalue weighted by atomic mass is 16.5. The third-order valence-corrected chi connectivity index (χ3v) is 4.44. The largest absolute Gasteiger partial charge is 0.497 e. The molecule has 3 rings (SSSR count). The van der Waals surface area contributed by atoms with Crippen molar-refractivity contribution in [1.82, 2.24) is 14.9 Å². The van der Waals surface area contributed by atoms with Crippen molar-refractivity contribution in [1.29, 1.82) is 0 Å². The predicted octanol–water partition coefficient (Wildman–Crippen LogP) is 2.38. The van der Waals surface area contributed by atoms with Gasteiger partial charge in [0.15, 0.2) is 0 Å². The molecule has 1 aromatic heterocycles. The second-order valence-electron chi connectivity index (χ2n) is 5.85. The first-order valence-corrected chi connectivity index (χ1v) is 8.53. The fraction of sp³-hybridized carbons (Fsp3) is 0.444. The van der Waals surface area contributed by atoms with Gasteiger partial charge in [-0.3, -0.25) is 0 Å². The van der Waals surface area contributed by atoms with Crippen molar-refractivity contribution < 1.29 is 9.47 Å². The maximum atomic E-state index is 5.40. The summed E-state index contributed by atoms with van der Waals surface area (Å²) in [4.78, 5) is 13.7. The maximum Gasteiger partial charge on any atom is 0.229 e. The first kappa shape index (κ1) is 17.3. The van der Waals surface area contributed by atoms with Crippen LogP contribution in [0.15, 0.2) is 30.5 Å². The average molecular weight is 343 g/mol. The van der Waals surface area contributed by atoms with Gasteiger partial charge in [0, 0.05) is 38.4 Å². The minimum absolute atomic E-state index is 0.543. The van der Waals surface area contributed by atoms with Gasteiger partial charge in [-0.15, -0.1) is 0 Å². The van der Waals surface area contributed by atoms with E-state index in [-0.39, 0.29) is 0 Å². The average Bonchev–Trinajstić information content (AvgIpc) is 2.68. The highest BCUT2D eigenvalue weighted by Crippen LogP contribution is 2.30. The molecule has 0 bridgehead atoms. The zero-order valence-electron chi connectivity index (χ0n) is 15.0. The molecular formula is C18H25N5O2. The number of nitrogens with zero attached hydrogens (tertiary/aromatic N) is 4. The van der Waals surface area contributed by atoms with Gasteiger partial charge in [-0.25, -0.2) is 4.98 Å². The number of likely N-dealkylation sites (N-methyl/N-ethyl adjacent to an activating group) is 1. The molecule has 1 aliphatic rings. The topological polar surface area (TPSA) is 62.8 Å². The molecule has 1 N–H and O–H groups in total. The van der Waals surface area contributed by atoms with Crippen LogP contribution in [-0.2, 0) is 0 Å². The predicted molar refractivity (Wildman–Crippen MR) is 99.2 cm³/mol. The zero-order chi connectivity index (χ0) is 17.6. The van der Waals surface area contributed by atoms with E-state index in [0.29, 0.717) is 11.7 Å². The van der Waals surface area contributed by atoms with Gasteiger partial charge in [-0.1, -0.05) is 6.92 Å². The fourth-order valence-electron chi connectivity index (χ4n) is 2.91. The lowest BCUT2D eigenvalue weighted by Crippen LogP contribution is -2.46. The maximum absolute atomic E-state index is 5.40. The Balaban J connectivity index is 1.76. The summed E-state index contributed by atoms with van der Waals surface area (Å²) >= 11 is 0. The lowest BCUT2D eigenvalue weighted by Gasteiger charge is -2.34. The van der Waals surface area contributed by atoms with Crippen molar-refractivity contribution in [2.45, 2.75) is 6.92 Å². The Hall–Kier alpha value is -2.54. The molecule has 134 valence electrons. The molecule has 1 aliphatic heterocycles. The zero-order valence-corrected chi connectivity index (χ0v) is 15.0. The molecular weight excluding hydrogens is 318 g/mol. The number of nitrogens with one attached hydrogen (secondary N) is 1. The van der Waals surface area contributed by atoms with Gasteiger partial charge in [-0.05, 0) is 24.7 Å². The molecule has 0 amide bonds. The molecule has 0 atom stereocenters. The molecule has 0 saturated carbocycles. The van der Waals surface area contributed by atoms with E-state index in [1.807, 2.05) is 24.3 Å². The van der Waals surface area contributed by atoms with Crippen LogP contribution < -0.4 is 19.7 Å². The normalized spacial score (nSPS) is 15.1. The van der Waals surface area contributed by atoms with E-state index in [2.05, 4.69) is 32.0 Å². The minimum atomic E-state index is 0.543. The number of aromatic nitrogens is 2.